The first-order chi connectivity index (χ1) is 3.41. The predicted octanol–water partition coefficient (Wildman–Crippen LogP) is 0.529. The van der Waals surface area contributed by atoms with Gasteiger partial charge in [-0.2, -0.15) is 0 Å². The third kappa shape index (κ3) is 9.51. The van der Waals surface area contributed by atoms with Gasteiger partial charge in [0.1, 0.15) is 0 Å². The number of hydrogen-bond acceptors (Lipinski definition) is 2. The Bertz CT molecular complexity index is 31.6. The highest BCUT2D eigenvalue weighted by atomic mass is 35.5. The Morgan fingerprint density at radius 3 is 2.12 bits per heavy atom. The molecule has 0 heterocycles. The molecule has 2 nitrogen and oxygen atoms in total. The molecule has 0 aliphatic heterocycles. The molecule has 0 rings (SSSR count). The molecule has 0 aromatic carbocycles. The van der Waals surface area contributed by atoms with E-state index < -0.39 is 0 Å². The van der Waals surface area contributed by atoms with Crippen LogP contribution in [0.1, 0.15) is 19.3 Å². The topological polar surface area (TPSA) is 46.2 Å². The molecule has 3 N–H and O–H groups in total. The molecule has 52 valence electrons. The van der Waals surface area contributed by atoms with E-state index in [1.165, 1.54) is 0 Å². The quantitative estimate of drug-likeness (QED) is 0.559. The molecule has 0 bridgehead atoms. The highest BCUT2D eigenvalue weighted by molar-refractivity contribution is 5.85. The lowest BCUT2D eigenvalue weighted by atomic mass is 10.2. The van der Waals surface area contributed by atoms with E-state index in [1.807, 2.05) is 0 Å². The number of rotatable bonds is 4. The molecule has 0 saturated carbocycles. The Hall–Kier alpha value is 0.210. The molecule has 3 heteroatoms. The van der Waals surface area contributed by atoms with E-state index in [9.17, 15) is 0 Å². The fraction of sp³-hybridized carbons (Fsp3) is 1.00. The summed E-state index contributed by atoms with van der Waals surface area (Å²) in [5.74, 6) is 0. The summed E-state index contributed by atoms with van der Waals surface area (Å²) in [6, 6.07) is 0. The van der Waals surface area contributed by atoms with Gasteiger partial charge >= 0.3 is 0 Å². The van der Waals surface area contributed by atoms with Crippen LogP contribution in [0, 0.1) is 0 Å². The Morgan fingerprint density at radius 1 is 1.12 bits per heavy atom. The monoisotopic (exact) mass is 139 g/mol. The molecule has 0 spiro atoms. The average molecular weight is 140 g/mol. The number of halogens is 1. The first-order valence-corrected chi connectivity index (χ1v) is 2.72. The molecule has 0 aliphatic rings. The van der Waals surface area contributed by atoms with Crippen molar-refractivity contribution in [2.75, 3.05) is 13.2 Å². The van der Waals surface area contributed by atoms with Crippen molar-refractivity contribution in [2.24, 2.45) is 5.73 Å². The number of hydrogen-bond donors (Lipinski definition) is 2. The van der Waals surface area contributed by atoms with Crippen molar-refractivity contribution in [2.45, 2.75) is 19.3 Å². The minimum Gasteiger partial charge on any atom is -0.396 e. The van der Waals surface area contributed by atoms with Gasteiger partial charge < -0.3 is 10.8 Å². The lowest BCUT2D eigenvalue weighted by molar-refractivity contribution is 0.283. The van der Waals surface area contributed by atoms with Crippen molar-refractivity contribution in [3.05, 3.63) is 0 Å². The second-order valence-electron chi connectivity index (χ2n) is 1.57. The summed E-state index contributed by atoms with van der Waals surface area (Å²) >= 11 is 0. The molecule has 0 unspecified atom stereocenters. The van der Waals surface area contributed by atoms with Crippen LogP contribution < -0.4 is 5.73 Å². The molecule has 8 heavy (non-hydrogen) atoms. The molecule has 0 amide bonds. The van der Waals surface area contributed by atoms with Crippen LogP contribution in [0.2, 0.25) is 0 Å². The number of aliphatic hydroxyl groups is 1. The van der Waals surface area contributed by atoms with Crippen molar-refractivity contribution in [1.29, 1.82) is 0 Å². The largest absolute Gasteiger partial charge is 0.396 e. The first-order valence-electron chi connectivity index (χ1n) is 2.72. The van der Waals surface area contributed by atoms with Crippen molar-refractivity contribution < 1.29 is 5.11 Å². The molecule has 0 atom stereocenters. The van der Waals surface area contributed by atoms with Crippen LogP contribution in [0.15, 0.2) is 0 Å². The molecule has 0 aliphatic carbocycles. The van der Waals surface area contributed by atoms with E-state index in [2.05, 4.69) is 0 Å². The van der Waals surface area contributed by atoms with Gasteiger partial charge in [-0.1, -0.05) is 0 Å². The lowest BCUT2D eigenvalue weighted by Crippen LogP contribution is -1.98. The minimum absolute atomic E-state index is 0. The zero-order valence-corrected chi connectivity index (χ0v) is 5.78. The van der Waals surface area contributed by atoms with Crippen LogP contribution in [0.25, 0.3) is 0 Å². The molecular weight excluding hydrogens is 126 g/mol. The summed E-state index contributed by atoms with van der Waals surface area (Å²) < 4.78 is 0. The van der Waals surface area contributed by atoms with Crippen molar-refractivity contribution in [1.82, 2.24) is 0 Å². The van der Waals surface area contributed by atoms with E-state index in [-0.39, 0.29) is 12.4 Å². The van der Waals surface area contributed by atoms with Crippen LogP contribution in [-0.2, 0) is 0 Å². The minimum atomic E-state index is 0. The van der Waals surface area contributed by atoms with Gasteiger partial charge in [0.05, 0.1) is 0 Å². The Kier molecular flexibility index (Phi) is 14.2. The molecule has 0 aromatic heterocycles. The Morgan fingerprint density at radius 2 is 1.75 bits per heavy atom. The first kappa shape index (κ1) is 11.1. The molecule has 0 fully saturated rings. The van der Waals surface area contributed by atoms with Crippen LogP contribution in [0.4, 0.5) is 0 Å². The second kappa shape index (κ2) is 10.2. The van der Waals surface area contributed by atoms with Crippen LogP contribution in [0.5, 0.6) is 0 Å². The van der Waals surface area contributed by atoms with E-state index in [1.54, 1.807) is 0 Å². The van der Waals surface area contributed by atoms with Gasteiger partial charge in [0.2, 0.25) is 0 Å². The van der Waals surface area contributed by atoms with Gasteiger partial charge in [-0.15, -0.1) is 12.4 Å². The predicted molar refractivity (Wildman–Crippen MR) is 37.2 cm³/mol. The van der Waals surface area contributed by atoms with Crippen molar-refractivity contribution in [3.63, 3.8) is 0 Å². The van der Waals surface area contributed by atoms with Gasteiger partial charge in [0.25, 0.3) is 0 Å². The van der Waals surface area contributed by atoms with Crippen LogP contribution in [0.3, 0.4) is 0 Å². The second-order valence-corrected chi connectivity index (χ2v) is 1.57. The fourth-order valence-corrected chi connectivity index (χ4v) is 0.433. The van der Waals surface area contributed by atoms with E-state index in [4.69, 9.17) is 10.8 Å². The highest BCUT2D eigenvalue weighted by Crippen LogP contribution is 1.89. The number of aliphatic hydroxyl groups excluding tert-OH is 1. The number of unbranched alkanes of at least 4 members (excludes halogenated alkanes) is 2. The van der Waals surface area contributed by atoms with Gasteiger partial charge in [-0.25, -0.2) is 0 Å². The van der Waals surface area contributed by atoms with Crippen molar-refractivity contribution in [3.8, 4) is 0 Å². The van der Waals surface area contributed by atoms with Gasteiger partial charge in [0, 0.05) is 6.61 Å². The van der Waals surface area contributed by atoms with Gasteiger partial charge in [-0.3, -0.25) is 0 Å². The van der Waals surface area contributed by atoms with E-state index >= 15 is 0 Å². The van der Waals surface area contributed by atoms with Gasteiger partial charge in [-0.05, 0) is 25.8 Å². The standard InChI is InChI=1S/C5H13NO.ClH/c6-4-2-1-3-5-7;/h7H,1-6H2;1H. The van der Waals surface area contributed by atoms with Gasteiger partial charge in [0.15, 0.2) is 0 Å². The number of nitrogens with two attached hydrogens (primary N) is 1. The zero-order valence-electron chi connectivity index (χ0n) is 4.97. The SMILES string of the molecule is Cl.NCCCCCO. The smallest absolute Gasteiger partial charge is 0.0431 e. The summed E-state index contributed by atoms with van der Waals surface area (Å²) in [5, 5.41) is 8.25. The summed E-state index contributed by atoms with van der Waals surface area (Å²) in [5.41, 5.74) is 5.19. The molecule has 0 aromatic rings. The Labute approximate surface area is 56.5 Å². The van der Waals surface area contributed by atoms with Crippen LogP contribution >= 0.6 is 12.4 Å². The average Bonchev–Trinajstić information content (AvgIpc) is 1.69. The maximum atomic E-state index is 8.25. The van der Waals surface area contributed by atoms with E-state index in [0.717, 1.165) is 25.8 Å². The van der Waals surface area contributed by atoms with Crippen LogP contribution in [-0.4, -0.2) is 18.3 Å². The lowest BCUT2D eigenvalue weighted by Gasteiger charge is -1.90. The van der Waals surface area contributed by atoms with Crippen molar-refractivity contribution >= 4 is 12.4 Å². The maximum absolute atomic E-state index is 8.25. The zero-order chi connectivity index (χ0) is 5.54. The summed E-state index contributed by atoms with van der Waals surface area (Å²) in [4.78, 5) is 0. The third-order valence-corrected chi connectivity index (χ3v) is 0.862. The highest BCUT2D eigenvalue weighted by Gasteiger charge is 1.80. The summed E-state index contributed by atoms with van der Waals surface area (Å²) in [7, 11) is 0. The molecule has 0 saturated heterocycles. The Balaban J connectivity index is 0. The molecule has 0 radical (unpaired) electrons. The normalized spacial score (nSPS) is 8.25. The maximum Gasteiger partial charge on any atom is 0.0431 e. The summed E-state index contributed by atoms with van der Waals surface area (Å²) in [6.07, 6.45) is 3.00. The summed E-state index contributed by atoms with van der Waals surface area (Å²) in [6.45, 7) is 1.06. The molecular formula is C5H14ClNO. The third-order valence-electron chi connectivity index (χ3n) is 0.862. The fourth-order valence-electron chi connectivity index (χ4n) is 0.433. The van der Waals surface area contributed by atoms with E-state index in [0.29, 0.717) is 6.61 Å².